The van der Waals surface area contributed by atoms with Gasteiger partial charge >= 0.3 is 12.1 Å². The number of halogens is 3. The molecule has 0 aromatic heterocycles. The maximum absolute atomic E-state index is 12.3. The van der Waals surface area contributed by atoms with Crippen LogP contribution in [0.1, 0.15) is 22.0 Å². The Morgan fingerprint density at radius 2 is 1.88 bits per heavy atom. The zero-order chi connectivity index (χ0) is 13.4. The maximum atomic E-state index is 12.3. The molecule has 0 saturated heterocycles. The Morgan fingerprint density at radius 3 is 2.29 bits per heavy atom. The van der Waals surface area contributed by atoms with E-state index in [0.29, 0.717) is 12.1 Å². The number of carbonyl (C=O) groups is 1. The van der Waals surface area contributed by atoms with Crippen molar-refractivity contribution in [2.45, 2.75) is 12.2 Å². The monoisotopic (exact) mass is 250 g/mol. The third-order valence-corrected chi connectivity index (χ3v) is 2.12. The Balaban J connectivity index is 3.30. The molecular formula is C9H9F3N2O3. The molecule has 0 aliphatic heterocycles. The van der Waals surface area contributed by atoms with Crippen LogP contribution in [0, 0.1) is 0 Å². The van der Waals surface area contributed by atoms with E-state index in [-0.39, 0.29) is 0 Å². The highest BCUT2D eigenvalue weighted by molar-refractivity contribution is 5.94. The minimum Gasteiger partial charge on any atom is -0.508 e. The van der Waals surface area contributed by atoms with E-state index in [1.807, 2.05) is 0 Å². The fraction of sp³-hybridized carbons (Fsp3) is 0.222. The van der Waals surface area contributed by atoms with Gasteiger partial charge in [-0.3, -0.25) is 0 Å². The highest BCUT2D eigenvalue weighted by Crippen LogP contribution is 2.37. The first-order valence-corrected chi connectivity index (χ1v) is 4.32. The molecule has 0 aliphatic carbocycles. The lowest BCUT2D eigenvalue weighted by Gasteiger charge is -2.18. The van der Waals surface area contributed by atoms with Gasteiger partial charge in [-0.05, 0) is 12.1 Å². The minimum atomic E-state index is -4.76. The fourth-order valence-electron chi connectivity index (χ4n) is 1.23. The number of aromatic carboxylic acids is 1. The van der Waals surface area contributed by atoms with Crippen LogP contribution in [-0.2, 0) is 0 Å². The molecule has 0 heterocycles. The predicted molar refractivity (Wildman–Crippen MR) is 52.5 cm³/mol. The molecule has 6 N–H and O–H groups in total. The number of phenolic OH excluding ortho intramolecular Hbond substituents is 1. The standard InChI is InChI=1S/C9H9F3N2O3/c10-9(11,12)7(14)4-1-5(13)3(8(16)17)2-6(4)15/h1-2,7,15H,13-14H2,(H,16,17)/t7-/m0/s1. The van der Waals surface area contributed by atoms with E-state index in [1.165, 1.54) is 0 Å². The summed E-state index contributed by atoms with van der Waals surface area (Å²) >= 11 is 0. The largest absolute Gasteiger partial charge is 0.508 e. The lowest BCUT2D eigenvalue weighted by molar-refractivity contribution is -0.149. The summed E-state index contributed by atoms with van der Waals surface area (Å²) in [5, 5.41) is 17.9. The molecule has 8 heteroatoms. The van der Waals surface area contributed by atoms with Gasteiger partial charge in [0, 0.05) is 11.3 Å². The molecule has 0 spiro atoms. The summed E-state index contributed by atoms with van der Waals surface area (Å²) in [6.45, 7) is 0. The Labute approximate surface area is 93.5 Å². The lowest BCUT2D eigenvalue weighted by atomic mass is 10.0. The van der Waals surface area contributed by atoms with Crippen molar-refractivity contribution in [3.63, 3.8) is 0 Å². The maximum Gasteiger partial charge on any atom is 0.407 e. The van der Waals surface area contributed by atoms with Gasteiger partial charge in [-0.2, -0.15) is 13.2 Å². The topological polar surface area (TPSA) is 110 Å². The van der Waals surface area contributed by atoms with Crippen molar-refractivity contribution < 1.29 is 28.2 Å². The highest BCUT2D eigenvalue weighted by Gasteiger charge is 2.39. The molecule has 17 heavy (non-hydrogen) atoms. The second kappa shape index (κ2) is 4.13. The lowest BCUT2D eigenvalue weighted by Crippen LogP contribution is -2.28. The van der Waals surface area contributed by atoms with E-state index >= 15 is 0 Å². The summed E-state index contributed by atoms with van der Waals surface area (Å²) in [5.74, 6) is -2.31. The van der Waals surface area contributed by atoms with Gasteiger partial charge in [-0.25, -0.2) is 4.79 Å². The van der Waals surface area contributed by atoms with E-state index < -0.39 is 40.8 Å². The number of benzene rings is 1. The summed E-state index contributed by atoms with van der Waals surface area (Å²) in [5.41, 5.74) is 8.59. The van der Waals surface area contributed by atoms with Crippen molar-refractivity contribution >= 4 is 11.7 Å². The molecule has 5 nitrogen and oxygen atoms in total. The quantitative estimate of drug-likeness (QED) is 0.466. The van der Waals surface area contributed by atoms with E-state index in [4.69, 9.17) is 16.6 Å². The third-order valence-electron chi connectivity index (χ3n) is 2.12. The number of anilines is 1. The van der Waals surface area contributed by atoms with Crippen LogP contribution in [0.15, 0.2) is 12.1 Å². The molecule has 1 atom stereocenters. The number of alkyl halides is 3. The first-order chi connectivity index (χ1) is 7.64. The molecule has 0 radical (unpaired) electrons. The highest BCUT2D eigenvalue weighted by atomic mass is 19.4. The van der Waals surface area contributed by atoms with Crippen molar-refractivity contribution in [2.75, 3.05) is 5.73 Å². The number of nitrogen functional groups attached to an aromatic ring is 1. The zero-order valence-corrected chi connectivity index (χ0v) is 8.32. The van der Waals surface area contributed by atoms with Crippen molar-refractivity contribution in [1.29, 1.82) is 0 Å². The fourth-order valence-corrected chi connectivity index (χ4v) is 1.23. The zero-order valence-electron chi connectivity index (χ0n) is 8.32. The summed E-state index contributed by atoms with van der Waals surface area (Å²) < 4.78 is 36.9. The van der Waals surface area contributed by atoms with Gasteiger partial charge in [0.1, 0.15) is 11.8 Å². The number of phenols is 1. The van der Waals surface area contributed by atoms with Gasteiger partial charge in [0.25, 0.3) is 0 Å². The molecule has 0 fully saturated rings. The number of hydrogen-bond donors (Lipinski definition) is 4. The molecule has 0 unspecified atom stereocenters. The number of carboxylic acids is 1. The van der Waals surface area contributed by atoms with Crippen molar-refractivity contribution in [2.24, 2.45) is 5.73 Å². The van der Waals surface area contributed by atoms with Gasteiger partial charge in [0.05, 0.1) is 5.56 Å². The van der Waals surface area contributed by atoms with E-state index in [9.17, 15) is 23.1 Å². The minimum absolute atomic E-state index is 0.398. The SMILES string of the molecule is Nc1cc([C@H](N)C(F)(F)F)c(O)cc1C(=O)O. The van der Waals surface area contributed by atoms with Crippen LogP contribution in [-0.4, -0.2) is 22.4 Å². The Kier molecular flexibility index (Phi) is 3.18. The number of carboxylic acid groups (broad SMARTS) is 1. The predicted octanol–water partition coefficient (Wildman–Crippen LogP) is 1.23. The summed E-state index contributed by atoms with van der Waals surface area (Å²) in [4.78, 5) is 10.6. The van der Waals surface area contributed by atoms with Gasteiger partial charge < -0.3 is 21.7 Å². The van der Waals surface area contributed by atoms with Gasteiger partial charge in [0.15, 0.2) is 0 Å². The number of hydrogen-bond acceptors (Lipinski definition) is 4. The van der Waals surface area contributed by atoms with Crippen LogP contribution in [0.4, 0.5) is 18.9 Å². The van der Waals surface area contributed by atoms with Crippen LogP contribution in [0.5, 0.6) is 5.75 Å². The first-order valence-electron chi connectivity index (χ1n) is 4.32. The molecule has 94 valence electrons. The van der Waals surface area contributed by atoms with Gasteiger partial charge in [-0.15, -0.1) is 0 Å². The molecule has 0 amide bonds. The smallest absolute Gasteiger partial charge is 0.407 e. The van der Waals surface area contributed by atoms with Crippen molar-refractivity contribution in [3.05, 3.63) is 23.3 Å². The summed E-state index contributed by atoms with van der Waals surface area (Å²) in [6, 6.07) is -1.08. The van der Waals surface area contributed by atoms with Crippen LogP contribution in [0.2, 0.25) is 0 Å². The van der Waals surface area contributed by atoms with Crippen LogP contribution < -0.4 is 11.5 Å². The van der Waals surface area contributed by atoms with E-state index in [0.717, 1.165) is 0 Å². The summed E-state index contributed by atoms with van der Waals surface area (Å²) in [7, 11) is 0. The molecule has 0 aliphatic rings. The Morgan fingerprint density at radius 1 is 1.35 bits per heavy atom. The van der Waals surface area contributed by atoms with Crippen molar-refractivity contribution in [3.8, 4) is 5.75 Å². The average Bonchev–Trinajstić information content (AvgIpc) is 2.18. The average molecular weight is 250 g/mol. The Bertz CT molecular complexity index is 460. The second-order valence-electron chi connectivity index (χ2n) is 3.32. The van der Waals surface area contributed by atoms with Crippen LogP contribution in [0.3, 0.4) is 0 Å². The molecular weight excluding hydrogens is 241 g/mol. The molecule has 0 bridgehead atoms. The number of aromatic hydroxyl groups is 1. The first kappa shape index (κ1) is 13.1. The van der Waals surface area contributed by atoms with Crippen molar-refractivity contribution in [1.82, 2.24) is 0 Å². The molecule has 1 aromatic carbocycles. The number of rotatable bonds is 2. The third kappa shape index (κ3) is 2.59. The summed E-state index contributed by atoms with van der Waals surface area (Å²) in [6.07, 6.45) is -4.76. The van der Waals surface area contributed by atoms with E-state index in [2.05, 4.69) is 0 Å². The van der Waals surface area contributed by atoms with Crippen LogP contribution >= 0.6 is 0 Å². The molecule has 1 aromatic rings. The van der Waals surface area contributed by atoms with E-state index in [1.54, 1.807) is 0 Å². The van der Waals surface area contributed by atoms with Gasteiger partial charge in [0.2, 0.25) is 0 Å². The Hall–Kier alpha value is -1.96. The van der Waals surface area contributed by atoms with Crippen LogP contribution in [0.25, 0.3) is 0 Å². The molecule has 1 rings (SSSR count). The molecule has 0 saturated carbocycles. The normalized spacial score (nSPS) is 13.4. The second-order valence-corrected chi connectivity index (χ2v) is 3.32. The number of nitrogens with two attached hydrogens (primary N) is 2. The van der Waals surface area contributed by atoms with Gasteiger partial charge in [-0.1, -0.05) is 0 Å².